The average Bonchev–Trinajstić information content (AvgIpc) is 3.34. The fourth-order valence-electron chi connectivity index (χ4n) is 8.28. The standard InChI is InChI=1S/C39H51ClF3N7O6/c1-3-55-33(51)25-46-16-11-38(2,12-17-46)49-20-18-47(19-21-49)35(52)32(24-26-22-29(39(41,42)43)34(44)30(40)23-26)56-37(54)48-13-9-28(10-14-48)50-15-8-27-6-4-5-7-31(27)45-36(50)53/h4-7,22-23,28,32H,3,8-21,24-25,44H2,1-2H3,(H,45,53). The number of urea groups is 1. The Hall–Kier alpha value is -4.28. The zero-order valence-corrected chi connectivity index (χ0v) is 32.7. The van der Waals surface area contributed by atoms with E-state index in [1.807, 2.05) is 24.3 Å². The van der Waals surface area contributed by atoms with Gasteiger partial charge in [0.15, 0.2) is 6.10 Å². The number of anilines is 2. The summed E-state index contributed by atoms with van der Waals surface area (Å²) in [5.74, 6) is -0.753. The lowest BCUT2D eigenvalue weighted by molar-refractivity contribution is -0.145. The minimum absolute atomic E-state index is 0.0512. The first kappa shape index (κ1) is 41.4. The van der Waals surface area contributed by atoms with Gasteiger partial charge in [-0.2, -0.15) is 13.2 Å². The lowest BCUT2D eigenvalue weighted by Crippen LogP contribution is -2.61. The third-order valence-corrected chi connectivity index (χ3v) is 12.0. The van der Waals surface area contributed by atoms with Crippen molar-refractivity contribution < 1.29 is 41.8 Å². The van der Waals surface area contributed by atoms with Crippen LogP contribution in [-0.4, -0.2) is 138 Å². The van der Waals surface area contributed by atoms with E-state index in [-0.39, 0.29) is 60.2 Å². The van der Waals surface area contributed by atoms with Gasteiger partial charge in [0.1, 0.15) is 0 Å². The molecule has 56 heavy (non-hydrogen) atoms. The summed E-state index contributed by atoms with van der Waals surface area (Å²) in [7, 11) is 0. The van der Waals surface area contributed by atoms with E-state index in [4.69, 9.17) is 26.8 Å². The normalized spacial score (nSPS) is 20.5. The number of rotatable bonds is 9. The number of piperidine rings is 2. The van der Waals surface area contributed by atoms with Crippen LogP contribution in [0, 0.1) is 0 Å². The maximum absolute atomic E-state index is 14.2. The van der Waals surface area contributed by atoms with Crippen LogP contribution in [0.15, 0.2) is 36.4 Å². The number of nitrogens with one attached hydrogen (secondary N) is 1. The SMILES string of the molecule is CCOC(=O)CN1CCC(C)(N2CCN(C(=O)C(Cc3cc(Cl)c(N)c(C(F)(F)F)c3)OC(=O)N3CCC(N4CCc5ccccc5NC4=O)CC3)CC2)CC1. The fraction of sp³-hybridized carbons (Fsp3) is 0.590. The van der Waals surface area contributed by atoms with Crippen molar-refractivity contribution in [3.05, 3.63) is 58.1 Å². The number of nitrogens with zero attached hydrogens (tertiary/aromatic N) is 5. The highest BCUT2D eigenvalue weighted by molar-refractivity contribution is 6.33. The second-order valence-corrected chi connectivity index (χ2v) is 15.7. The summed E-state index contributed by atoms with van der Waals surface area (Å²) < 4.78 is 52.7. The summed E-state index contributed by atoms with van der Waals surface area (Å²) in [5, 5.41) is 2.67. The molecule has 3 N–H and O–H groups in total. The number of carbonyl (C=O) groups excluding carboxylic acids is 4. The number of hydrogen-bond acceptors (Lipinski definition) is 9. The van der Waals surface area contributed by atoms with Crippen LogP contribution in [0.2, 0.25) is 5.02 Å². The van der Waals surface area contributed by atoms with Gasteiger partial charge in [0.2, 0.25) is 0 Å². The number of piperazine rings is 1. The number of halogens is 4. The lowest BCUT2D eigenvalue weighted by Gasteiger charge is -2.49. The molecule has 0 aromatic heterocycles. The van der Waals surface area contributed by atoms with E-state index >= 15 is 0 Å². The number of fused-ring (bicyclic) bond motifs is 1. The second kappa shape index (κ2) is 17.5. The predicted molar refractivity (Wildman–Crippen MR) is 204 cm³/mol. The molecule has 2 aromatic rings. The van der Waals surface area contributed by atoms with Crippen LogP contribution in [0.25, 0.3) is 0 Å². The fourth-order valence-corrected chi connectivity index (χ4v) is 8.52. The van der Waals surface area contributed by atoms with Crippen LogP contribution < -0.4 is 11.1 Å². The lowest BCUT2D eigenvalue weighted by atomic mass is 9.87. The number of nitrogens with two attached hydrogens (primary N) is 1. The van der Waals surface area contributed by atoms with Crippen molar-refractivity contribution in [2.45, 2.75) is 76.2 Å². The maximum atomic E-state index is 14.2. The van der Waals surface area contributed by atoms with Crippen molar-refractivity contribution >= 4 is 47.0 Å². The molecule has 6 rings (SSSR count). The Morgan fingerprint density at radius 1 is 0.982 bits per heavy atom. The van der Waals surface area contributed by atoms with Crippen LogP contribution in [0.4, 0.5) is 34.1 Å². The van der Waals surface area contributed by atoms with Crippen molar-refractivity contribution in [3.63, 3.8) is 0 Å². The first-order chi connectivity index (χ1) is 26.6. The summed E-state index contributed by atoms with van der Waals surface area (Å²) >= 11 is 6.14. The summed E-state index contributed by atoms with van der Waals surface area (Å²) in [4.78, 5) is 62.3. The third-order valence-electron chi connectivity index (χ3n) is 11.7. The number of benzene rings is 2. The van der Waals surface area contributed by atoms with Gasteiger partial charge in [-0.1, -0.05) is 29.8 Å². The summed E-state index contributed by atoms with van der Waals surface area (Å²) in [6, 6.07) is 9.46. The van der Waals surface area contributed by atoms with E-state index in [9.17, 15) is 32.3 Å². The van der Waals surface area contributed by atoms with Gasteiger partial charge in [0.25, 0.3) is 5.91 Å². The van der Waals surface area contributed by atoms with Crippen molar-refractivity contribution in [3.8, 4) is 0 Å². The van der Waals surface area contributed by atoms with Crippen LogP contribution in [0.5, 0.6) is 0 Å². The molecule has 306 valence electrons. The molecular formula is C39H51ClF3N7O6. The van der Waals surface area contributed by atoms with E-state index in [0.29, 0.717) is 58.6 Å². The van der Waals surface area contributed by atoms with Crippen molar-refractivity contribution in [1.82, 2.24) is 24.5 Å². The Morgan fingerprint density at radius 2 is 1.66 bits per heavy atom. The van der Waals surface area contributed by atoms with Crippen LogP contribution in [0.1, 0.15) is 56.2 Å². The molecule has 3 fully saturated rings. The molecule has 1 unspecified atom stereocenters. The number of esters is 1. The number of carbonyl (C=O) groups is 4. The molecule has 13 nitrogen and oxygen atoms in total. The maximum Gasteiger partial charge on any atom is 0.418 e. The number of nitrogen functional groups attached to an aromatic ring is 1. The van der Waals surface area contributed by atoms with Crippen molar-refractivity contribution in [2.24, 2.45) is 0 Å². The van der Waals surface area contributed by atoms with E-state index in [1.54, 1.807) is 16.7 Å². The first-order valence-electron chi connectivity index (χ1n) is 19.3. The smallest absolute Gasteiger partial charge is 0.418 e. The summed E-state index contributed by atoms with van der Waals surface area (Å²) in [5.41, 5.74) is 5.66. The molecule has 4 aliphatic rings. The van der Waals surface area contributed by atoms with Crippen molar-refractivity contribution in [2.75, 3.05) is 83.1 Å². The van der Waals surface area contributed by atoms with E-state index in [1.165, 1.54) is 11.0 Å². The average molecular weight is 806 g/mol. The monoisotopic (exact) mass is 805 g/mol. The summed E-state index contributed by atoms with van der Waals surface area (Å²) in [6.07, 6.45) is -4.00. The third kappa shape index (κ3) is 9.63. The largest absolute Gasteiger partial charge is 0.465 e. The Morgan fingerprint density at radius 3 is 2.32 bits per heavy atom. The quantitative estimate of drug-likeness (QED) is 0.262. The van der Waals surface area contributed by atoms with Gasteiger partial charge in [-0.05, 0) is 75.3 Å². The topological polar surface area (TPSA) is 141 Å². The molecule has 0 aliphatic carbocycles. The first-order valence-corrected chi connectivity index (χ1v) is 19.7. The minimum atomic E-state index is -4.79. The molecule has 4 amide bonds. The Labute approximate surface area is 330 Å². The van der Waals surface area contributed by atoms with Gasteiger partial charge in [0, 0.05) is 82.6 Å². The van der Waals surface area contributed by atoms with Crippen LogP contribution >= 0.6 is 11.6 Å². The molecule has 0 spiro atoms. The Balaban J connectivity index is 1.10. The molecule has 3 saturated heterocycles. The van der Waals surface area contributed by atoms with Gasteiger partial charge in [-0.3, -0.25) is 19.4 Å². The van der Waals surface area contributed by atoms with E-state index in [2.05, 4.69) is 22.0 Å². The molecule has 4 heterocycles. The highest BCUT2D eigenvalue weighted by atomic mass is 35.5. The van der Waals surface area contributed by atoms with Gasteiger partial charge < -0.3 is 35.2 Å². The number of likely N-dealkylation sites (tertiary alicyclic amines) is 2. The molecular weight excluding hydrogens is 755 g/mol. The van der Waals surface area contributed by atoms with Gasteiger partial charge in [-0.25, -0.2) is 9.59 Å². The molecule has 0 saturated carbocycles. The number of ether oxygens (including phenoxy) is 2. The summed E-state index contributed by atoms with van der Waals surface area (Å²) in [6.45, 7) is 8.83. The molecule has 0 radical (unpaired) electrons. The number of amides is 4. The zero-order valence-electron chi connectivity index (χ0n) is 31.9. The molecule has 4 aliphatic heterocycles. The second-order valence-electron chi connectivity index (χ2n) is 15.3. The van der Waals surface area contributed by atoms with Crippen LogP contribution in [0.3, 0.4) is 0 Å². The van der Waals surface area contributed by atoms with Crippen molar-refractivity contribution in [1.29, 1.82) is 0 Å². The zero-order chi connectivity index (χ0) is 40.2. The molecule has 17 heteroatoms. The highest BCUT2D eigenvalue weighted by Crippen LogP contribution is 2.38. The van der Waals surface area contributed by atoms with Gasteiger partial charge >= 0.3 is 24.3 Å². The van der Waals surface area contributed by atoms with Gasteiger partial charge in [-0.15, -0.1) is 0 Å². The number of hydrogen-bond donors (Lipinski definition) is 2. The Bertz CT molecular complexity index is 1760. The van der Waals surface area contributed by atoms with E-state index < -0.39 is 35.5 Å². The van der Waals surface area contributed by atoms with Crippen LogP contribution in [-0.2, 0) is 38.1 Å². The molecule has 0 bridgehead atoms. The minimum Gasteiger partial charge on any atom is -0.465 e. The van der Waals surface area contributed by atoms with Gasteiger partial charge in [0.05, 0.1) is 29.4 Å². The molecule has 2 aromatic carbocycles. The Kier molecular flexibility index (Phi) is 12.9. The molecule has 1 atom stereocenters. The predicted octanol–water partition coefficient (Wildman–Crippen LogP) is 5.11. The van der Waals surface area contributed by atoms with E-state index in [0.717, 1.165) is 43.2 Å². The number of para-hydroxylation sites is 1. The number of alkyl halides is 3. The highest BCUT2D eigenvalue weighted by Gasteiger charge is 2.41.